The summed E-state index contributed by atoms with van der Waals surface area (Å²) in [6.07, 6.45) is 4.15. The van der Waals surface area contributed by atoms with E-state index in [1.54, 1.807) is 0 Å². The number of tetrazole rings is 2. The molecule has 0 fully saturated rings. The summed E-state index contributed by atoms with van der Waals surface area (Å²) in [6.45, 7) is 5.66. The van der Waals surface area contributed by atoms with Crippen molar-refractivity contribution in [1.29, 1.82) is 0 Å². The van der Waals surface area contributed by atoms with Crippen molar-refractivity contribution in [3.05, 3.63) is 0 Å². The maximum Gasteiger partial charge on any atom is 0.307 e. The molecule has 0 aliphatic heterocycles. The number of aryl methyl sites for hydroxylation is 2. The monoisotopic (exact) mass is 278 g/mol. The summed E-state index contributed by atoms with van der Waals surface area (Å²) in [6, 6.07) is 0. The van der Waals surface area contributed by atoms with Gasteiger partial charge < -0.3 is 0 Å². The minimum atomic E-state index is 0.200. The summed E-state index contributed by atoms with van der Waals surface area (Å²) in [5.74, 6) is 0.400. The van der Waals surface area contributed by atoms with Crippen LogP contribution in [0.3, 0.4) is 0 Å². The fourth-order valence-corrected chi connectivity index (χ4v) is 1.43. The van der Waals surface area contributed by atoms with Gasteiger partial charge in [-0.2, -0.15) is 9.59 Å². The van der Waals surface area contributed by atoms with E-state index in [-0.39, 0.29) is 11.9 Å². The molecule has 0 aliphatic carbocycles. The van der Waals surface area contributed by atoms with Gasteiger partial charge in [-0.05, 0) is 23.3 Å². The van der Waals surface area contributed by atoms with Crippen LogP contribution in [0.2, 0.25) is 0 Å². The maximum absolute atomic E-state index is 4.07. The van der Waals surface area contributed by atoms with E-state index >= 15 is 0 Å². The van der Waals surface area contributed by atoms with Gasteiger partial charge in [-0.15, -0.1) is 20.4 Å². The Hall–Kier alpha value is -2.26. The van der Waals surface area contributed by atoms with E-state index in [0.29, 0.717) is 0 Å². The highest BCUT2D eigenvalue weighted by atomic mass is 15.6. The topological polar surface area (TPSA) is 112 Å². The molecule has 10 nitrogen and oxygen atoms in total. The van der Waals surface area contributed by atoms with Crippen LogP contribution in [0.5, 0.6) is 0 Å². The van der Waals surface area contributed by atoms with Crippen molar-refractivity contribution in [3.63, 3.8) is 0 Å². The molecule has 0 spiro atoms. The molecule has 108 valence electrons. The largest absolute Gasteiger partial charge is 0.307 e. The number of hydrogen-bond acceptors (Lipinski definition) is 8. The van der Waals surface area contributed by atoms with E-state index in [0.717, 1.165) is 38.8 Å². The summed E-state index contributed by atoms with van der Waals surface area (Å²) in [5.41, 5.74) is 0. The van der Waals surface area contributed by atoms with Crippen molar-refractivity contribution >= 4 is 11.9 Å². The number of aromatic nitrogens is 8. The van der Waals surface area contributed by atoms with E-state index in [1.165, 1.54) is 9.59 Å². The lowest BCUT2D eigenvalue weighted by Gasteiger charge is -1.92. The van der Waals surface area contributed by atoms with Gasteiger partial charge in [-0.25, -0.2) is 0 Å². The van der Waals surface area contributed by atoms with E-state index in [1.807, 2.05) is 0 Å². The fraction of sp³-hybridized carbons (Fsp3) is 0.800. The molecule has 0 saturated heterocycles. The Morgan fingerprint density at radius 2 is 1.25 bits per heavy atom. The van der Waals surface area contributed by atoms with Crippen LogP contribution < -0.4 is 0 Å². The van der Waals surface area contributed by atoms with Crippen LogP contribution in [-0.2, 0) is 13.1 Å². The van der Waals surface area contributed by atoms with E-state index in [2.05, 4.69) is 54.9 Å². The first-order valence-electron chi connectivity index (χ1n) is 6.79. The first-order valence-corrected chi connectivity index (χ1v) is 6.79. The van der Waals surface area contributed by atoms with Gasteiger partial charge in [0.05, 0.1) is 13.1 Å². The normalized spacial score (nSPS) is 11.5. The third kappa shape index (κ3) is 4.14. The van der Waals surface area contributed by atoms with Gasteiger partial charge >= 0.3 is 11.9 Å². The predicted molar refractivity (Wildman–Crippen MR) is 69.6 cm³/mol. The summed E-state index contributed by atoms with van der Waals surface area (Å²) >= 11 is 0. The molecular formula is C10H18N10. The molecule has 0 aromatic carbocycles. The van der Waals surface area contributed by atoms with Gasteiger partial charge in [-0.1, -0.05) is 36.9 Å². The number of nitrogens with zero attached hydrogens (tertiary/aromatic N) is 10. The third-order valence-corrected chi connectivity index (χ3v) is 2.54. The lowest BCUT2D eigenvalue weighted by Crippen LogP contribution is -2.01. The molecule has 2 heterocycles. The van der Waals surface area contributed by atoms with Crippen molar-refractivity contribution in [3.8, 4) is 0 Å². The average Bonchev–Trinajstić information content (AvgIpc) is 3.10. The number of unbranched alkanes of at least 4 members (excludes halogenated alkanes) is 2. The van der Waals surface area contributed by atoms with Crippen LogP contribution in [0, 0.1) is 0 Å². The second kappa shape index (κ2) is 7.36. The zero-order chi connectivity index (χ0) is 14.2. The lowest BCUT2D eigenvalue weighted by atomic mass is 10.3. The zero-order valence-electron chi connectivity index (χ0n) is 11.7. The van der Waals surface area contributed by atoms with E-state index in [4.69, 9.17) is 0 Å². The van der Waals surface area contributed by atoms with Gasteiger partial charge in [-0.3, -0.25) is 0 Å². The first-order chi connectivity index (χ1) is 9.81. The minimum absolute atomic E-state index is 0.200. The van der Waals surface area contributed by atoms with Crippen molar-refractivity contribution in [2.75, 3.05) is 0 Å². The van der Waals surface area contributed by atoms with Crippen molar-refractivity contribution in [1.82, 2.24) is 40.4 Å². The summed E-state index contributed by atoms with van der Waals surface area (Å²) in [5, 5.41) is 31.1. The standard InChI is InChI=1S/C10H18N10/c1-3-5-7-19-15-9(13-17-19)11-12-10-14-18-20(16-10)8-6-4-2/h3-8H2,1-2H3. The van der Waals surface area contributed by atoms with Crippen LogP contribution in [0.1, 0.15) is 39.5 Å². The van der Waals surface area contributed by atoms with E-state index in [9.17, 15) is 0 Å². The van der Waals surface area contributed by atoms with Crippen LogP contribution in [-0.4, -0.2) is 40.4 Å². The Kier molecular flexibility index (Phi) is 5.21. The zero-order valence-corrected chi connectivity index (χ0v) is 11.7. The van der Waals surface area contributed by atoms with Gasteiger partial charge in [0.2, 0.25) is 0 Å². The predicted octanol–water partition coefficient (Wildman–Crippen LogP) is 1.68. The SMILES string of the molecule is CCCCn1nnc(N=Nc2nnn(CCCC)n2)n1. The molecule has 2 aromatic rings. The van der Waals surface area contributed by atoms with Crippen LogP contribution in [0.15, 0.2) is 10.2 Å². The quantitative estimate of drug-likeness (QED) is 0.679. The average molecular weight is 278 g/mol. The number of rotatable bonds is 8. The highest BCUT2D eigenvalue weighted by Crippen LogP contribution is 2.07. The minimum Gasteiger partial charge on any atom is -0.162 e. The molecule has 0 bridgehead atoms. The highest BCUT2D eigenvalue weighted by Gasteiger charge is 2.03. The van der Waals surface area contributed by atoms with Crippen LogP contribution >= 0.6 is 0 Å². The fourth-order valence-electron chi connectivity index (χ4n) is 1.43. The van der Waals surface area contributed by atoms with Crippen LogP contribution in [0.4, 0.5) is 11.9 Å². The molecule has 10 heteroatoms. The van der Waals surface area contributed by atoms with Gasteiger partial charge in [0.1, 0.15) is 0 Å². The van der Waals surface area contributed by atoms with Gasteiger partial charge in [0.15, 0.2) is 0 Å². The molecule has 0 amide bonds. The molecule has 0 atom stereocenters. The second-order valence-electron chi connectivity index (χ2n) is 4.28. The summed E-state index contributed by atoms with van der Waals surface area (Å²) in [7, 11) is 0. The Labute approximate surface area is 116 Å². The van der Waals surface area contributed by atoms with Crippen molar-refractivity contribution in [2.24, 2.45) is 10.2 Å². The Balaban J connectivity index is 1.91. The molecule has 20 heavy (non-hydrogen) atoms. The maximum atomic E-state index is 4.07. The summed E-state index contributed by atoms with van der Waals surface area (Å²) < 4.78 is 0. The smallest absolute Gasteiger partial charge is 0.162 e. The second-order valence-corrected chi connectivity index (χ2v) is 4.28. The van der Waals surface area contributed by atoms with E-state index < -0.39 is 0 Å². The van der Waals surface area contributed by atoms with Crippen molar-refractivity contribution < 1.29 is 0 Å². The molecule has 0 N–H and O–H groups in total. The Bertz CT molecular complexity index is 493. The Morgan fingerprint density at radius 3 is 1.65 bits per heavy atom. The third-order valence-electron chi connectivity index (χ3n) is 2.54. The Morgan fingerprint density at radius 1 is 0.800 bits per heavy atom. The molecule has 0 saturated carbocycles. The molecular weight excluding hydrogens is 260 g/mol. The van der Waals surface area contributed by atoms with Crippen LogP contribution in [0.25, 0.3) is 0 Å². The first kappa shape index (κ1) is 14.2. The highest BCUT2D eigenvalue weighted by molar-refractivity contribution is 5.11. The number of hydrogen-bond donors (Lipinski definition) is 0. The van der Waals surface area contributed by atoms with Crippen molar-refractivity contribution in [2.45, 2.75) is 52.6 Å². The molecule has 2 rings (SSSR count). The van der Waals surface area contributed by atoms with Gasteiger partial charge in [0, 0.05) is 0 Å². The lowest BCUT2D eigenvalue weighted by molar-refractivity contribution is 0.495. The van der Waals surface area contributed by atoms with Gasteiger partial charge in [0.25, 0.3) is 0 Å². The molecule has 0 unspecified atom stereocenters. The molecule has 0 aliphatic rings. The number of azo groups is 1. The molecule has 0 radical (unpaired) electrons. The summed E-state index contributed by atoms with van der Waals surface area (Å²) in [4.78, 5) is 3.01. The molecule has 2 aromatic heterocycles.